The van der Waals surface area contributed by atoms with Crippen molar-refractivity contribution in [3.05, 3.63) is 22.7 Å². The quantitative estimate of drug-likeness (QED) is 0.864. The van der Waals surface area contributed by atoms with Crippen LogP contribution in [-0.4, -0.2) is 34.8 Å². The first-order valence-electron chi connectivity index (χ1n) is 6.88. The van der Waals surface area contributed by atoms with Gasteiger partial charge in [0.05, 0.1) is 15.4 Å². The standard InChI is InChI=1S/C12H17BrN2OS.C2H6O/c1-2-17(14,16)10-5-6-12(11(13)9-10)15-7-3-4-8-15;1-2-3/h5-6,9,14H,2-4,7-8H2,1H3;3H,2H2,1H3. The predicted octanol–water partition coefficient (Wildman–Crippen LogP) is 3.47. The van der Waals surface area contributed by atoms with Crippen LogP contribution in [-0.2, 0) is 9.73 Å². The Morgan fingerprint density at radius 3 is 2.35 bits per heavy atom. The summed E-state index contributed by atoms with van der Waals surface area (Å²) in [4.78, 5) is 2.95. The fourth-order valence-electron chi connectivity index (χ4n) is 2.07. The maximum absolute atomic E-state index is 12.0. The zero-order chi connectivity index (χ0) is 15.2. The lowest BCUT2D eigenvalue weighted by molar-refractivity contribution is 0.318. The van der Waals surface area contributed by atoms with Crippen molar-refractivity contribution in [2.24, 2.45) is 0 Å². The van der Waals surface area contributed by atoms with E-state index in [0.29, 0.717) is 10.6 Å². The molecule has 0 radical (unpaired) electrons. The highest BCUT2D eigenvalue weighted by atomic mass is 79.9. The van der Waals surface area contributed by atoms with E-state index in [1.807, 2.05) is 18.2 Å². The second-order valence-electron chi connectivity index (χ2n) is 4.59. The van der Waals surface area contributed by atoms with Crippen molar-refractivity contribution in [3.63, 3.8) is 0 Å². The van der Waals surface area contributed by atoms with E-state index in [2.05, 4.69) is 20.8 Å². The fraction of sp³-hybridized carbons (Fsp3) is 0.571. The van der Waals surface area contributed by atoms with Crippen LogP contribution in [0.5, 0.6) is 0 Å². The molecule has 1 heterocycles. The maximum atomic E-state index is 12.0. The molecule has 20 heavy (non-hydrogen) atoms. The van der Waals surface area contributed by atoms with Crippen LogP contribution in [0.15, 0.2) is 27.6 Å². The van der Waals surface area contributed by atoms with Crippen molar-refractivity contribution in [1.82, 2.24) is 0 Å². The van der Waals surface area contributed by atoms with E-state index in [9.17, 15) is 4.21 Å². The van der Waals surface area contributed by atoms with E-state index in [0.717, 1.165) is 23.2 Å². The third-order valence-electron chi connectivity index (χ3n) is 3.15. The minimum Gasteiger partial charge on any atom is -0.397 e. The molecule has 6 heteroatoms. The van der Waals surface area contributed by atoms with Crippen LogP contribution in [0, 0.1) is 4.78 Å². The Labute approximate surface area is 130 Å². The molecule has 1 aliphatic rings. The van der Waals surface area contributed by atoms with Gasteiger partial charge in [0, 0.05) is 34.8 Å². The monoisotopic (exact) mass is 362 g/mol. The molecule has 1 fully saturated rings. The van der Waals surface area contributed by atoms with Gasteiger partial charge in [0.2, 0.25) is 0 Å². The van der Waals surface area contributed by atoms with E-state index in [4.69, 9.17) is 9.89 Å². The molecule has 1 unspecified atom stereocenters. The van der Waals surface area contributed by atoms with Gasteiger partial charge in [-0.25, -0.2) is 8.99 Å². The number of hydrogen-bond donors (Lipinski definition) is 2. The summed E-state index contributed by atoms with van der Waals surface area (Å²) in [6.07, 6.45) is 2.47. The van der Waals surface area contributed by atoms with Gasteiger partial charge >= 0.3 is 0 Å². The highest BCUT2D eigenvalue weighted by Crippen LogP contribution is 2.31. The lowest BCUT2D eigenvalue weighted by Gasteiger charge is -2.20. The number of nitrogens with one attached hydrogen (secondary N) is 1. The van der Waals surface area contributed by atoms with Gasteiger partial charge in [0.25, 0.3) is 0 Å². The Balaban J connectivity index is 0.000000612. The van der Waals surface area contributed by atoms with E-state index < -0.39 is 9.73 Å². The van der Waals surface area contributed by atoms with E-state index in [1.54, 1.807) is 13.8 Å². The van der Waals surface area contributed by atoms with Gasteiger partial charge in [0.1, 0.15) is 0 Å². The average molecular weight is 363 g/mol. The largest absolute Gasteiger partial charge is 0.397 e. The van der Waals surface area contributed by atoms with Gasteiger partial charge in [0.15, 0.2) is 0 Å². The summed E-state index contributed by atoms with van der Waals surface area (Å²) in [7, 11) is -2.61. The van der Waals surface area contributed by atoms with Crippen LogP contribution in [0.1, 0.15) is 26.7 Å². The van der Waals surface area contributed by atoms with Crippen molar-refractivity contribution < 1.29 is 9.32 Å². The van der Waals surface area contributed by atoms with Gasteiger partial charge in [-0.2, -0.15) is 0 Å². The molecule has 0 amide bonds. The third kappa shape index (κ3) is 4.46. The molecule has 4 nitrogen and oxygen atoms in total. The van der Waals surface area contributed by atoms with Crippen LogP contribution >= 0.6 is 15.9 Å². The molecule has 1 saturated heterocycles. The fourth-order valence-corrected chi connectivity index (χ4v) is 3.78. The molecule has 2 rings (SSSR count). The summed E-state index contributed by atoms with van der Waals surface area (Å²) in [5, 5.41) is 7.57. The Bertz CT molecular complexity index is 526. The van der Waals surface area contributed by atoms with Crippen LogP contribution in [0.25, 0.3) is 0 Å². The molecule has 0 spiro atoms. The molecule has 114 valence electrons. The first-order valence-corrected chi connectivity index (χ1v) is 9.40. The number of aliphatic hydroxyl groups is 1. The number of halogens is 1. The number of nitrogens with zero attached hydrogens (tertiary/aromatic N) is 1. The van der Waals surface area contributed by atoms with Gasteiger partial charge < -0.3 is 10.0 Å². The predicted molar refractivity (Wildman–Crippen MR) is 88.0 cm³/mol. The Kier molecular flexibility index (Phi) is 6.99. The molecular weight excluding hydrogens is 340 g/mol. The SMILES string of the molecule is CCO.CCS(=N)(=O)c1ccc(N2CCCC2)c(Br)c1. The molecular formula is C14H23BrN2O2S. The van der Waals surface area contributed by atoms with Crippen molar-refractivity contribution in [1.29, 1.82) is 4.78 Å². The first-order chi connectivity index (χ1) is 9.46. The summed E-state index contributed by atoms with van der Waals surface area (Å²) in [5.41, 5.74) is 1.15. The summed E-state index contributed by atoms with van der Waals surface area (Å²) < 4.78 is 20.7. The molecule has 0 aliphatic carbocycles. The summed E-state index contributed by atoms with van der Waals surface area (Å²) >= 11 is 3.53. The van der Waals surface area contributed by atoms with E-state index >= 15 is 0 Å². The van der Waals surface area contributed by atoms with Crippen LogP contribution in [0.3, 0.4) is 0 Å². The minimum absolute atomic E-state index is 0.250. The molecule has 1 aromatic rings. The Hall–Kier alpha value is -0.590. The number of anilines is 1. The lowest BCUT2D eigenvalue weighted by Crippen LogP contribution is -2.18. The van der Waals surface area contributed by atoms with E-state index in [1.165, 1.54) is 12.8 Å². The summed E-state index contributed by atoms with van der Waals surface area (Å²) in [6.45, 7) is 5.89. The second kappa shape index (κ2) is 8.00. The van der Waals surface area contributed by atoms with Gasteiger partial charge in [-0.15, -0.1) is 0 Å². The topological polar surface area (TPSA) is 64.4 Å². The smallest absolute Gasteiger partial charge is 0.0723 e. The number of rotatable bonds is 3. The van der Waals surface area contributed by atoms with Crippen molar-refractivity contribution >= 4 is 31.3 Å². The third-order valence-corrected chi connectivity index (χ3v) is 5.62. The molecule has 1 aliphatic heterocycles. The maximum Gasteiger partial charge on any atom is 0.0723 e. The number of aliphatic hydroxyl groups excluding tert-OH is 1. The normalized spacial score (nSPS) is 17.3. The van der Waals surface area contributed by atoms with Crippen LogP contribution in [0.4, 0.5) is 5.69 Å². The summed E-state index contributed by atoms with van der Waals surface area (Å²) in [6, 6.07) is 5.65. The van der Waals surface area contributed by atoms with Crippen LogP contribution < -0.4 is 4.90 Å². The summed E-state index contributed by atoms with van der Waals surface area (Å²) in [5.74, 6) is 0.364. The Morgan fingerprint density at radius 2 is 1.90 bits per heavy atom. The number of benzene rings is 1. The molecule has 0 saturated carbocycles. The average Bonchev–Trinajstić information content (AvgIpc) is 2.93. The second-order valence-corrected chi connectivity index (χ2v) is 7.84. The van der Waals surface area contributed by atoms with E-state index in [-0.39, 0.29) is 6.61 Å². The lowest BCUT2D eigenvalue weighted by atomic mass is 10.3. The molecule has 0 aromatic heterocycles. The van der Waals surface area contributed by atoms with Crippen molar-refractivity contribution in [2.45, 2.75) is 31.6 Å². The van der Waals surface area contributed by atoms with Crippen molar-refractivity contribution in [2.75, 3.05) is 30.3 Å². The van der Waals surface area contributed by atoms with Gasteiger partial charge in [-0.05, 0) is 53.9 Å². The van der Waals surface area contributed by atoms with Gasteiger partial charge in [-0.1, -0.05) is 6.92 Å². The molecule has 2 N–H and O–H groups in total. The highest BCUT2D eigenvalue weighted by molar-refractivity contribution is 9.10. The Morgan fingerprint density at radius 1 is 1.35 bits per heavy atom. The number of hydrogen-bond acceptors (Lipinski definition) is 4. The van der Waals surface area contributed by atoms with Crippen molar-refractivity contribution in [3.8, 4) is 0 Å². The zero-order valence-corrected chi connectivity index (χ0v) is 14.5. The minimum atomic E-state index is -2.61. The molecule has 1 aromatic carbocycles. The van der Waals surface area contributed by atoms with Gasteiger partial charge in [-0.3, -0.25) is 0 Å². The first kappa shape index (κ1) is 17.5. The highest BCUT2D eigenvalue weighted by Gasteiger charge is 2.16. The zero-order valence-electron chi connectivity index (χ0n) is 12.1. The molecule has 1 atom stereocenters. The molecule has 0 bridgehead atoms. The van der Waals surface area contributed by atoms with Crippen LogP contribution in [0.2, 0.25) is 0 Å².